The summed E-state index contributed by atoms with van der Waals surface area (Å²) >= 11 is 5.55. The topological polar surface area (TPSA) is 61.4 Å². The van der Waals surface area contributed by atoms with Gasteiger partial charge in [-0.1, -0.05) is 0 Å². The third kappa shape index (κ3) is 3.39. The third-order valence-electron chi connectivity index (χ3n) is 3.15. The molecule has 0 spiro atoms. The van der Waals surface area contributed by atoms with Crippen LogP contribution in [0.15, 0.2) is 18.2 Å². The molecule has 3 N–H and O–H groups in total. The van der Waals surface area contributed by atoms with E-state index in [9.17, 15) is 9.90 Å². The maximum Gasteiger partial charge on any atom is 0.251 e. The van der Waals surface area contributed by atoms with Gasteiger partial charge in [-0.25, -0.2) is 0 Å². The van der Waals surface area contributed by atoms with Gasteiger partial charge in [0, 0.05) is 23.3 Å². The minimum atomic E-state index is -0.572. The van der Waals surface area contributed by atoms with E-state index in [0.29, 0.717) is 6.54 Å². The van der Waals surface area contributed by atoms with E-state index >= 15 is 0 Å². The number of carbonyl (C=O) groups is 1. The van der Waals surface area contributed by atoms with Crippen molar-refractivity contribution in [1.29, 1.82) is 0 Å². The maximum atomic E-state index is 11.9. The van der Waals surface area contributed by atoms with Crippen LogP contribution < -0.4 is 10.6 Å². The Bertz CT molecular complexity index is 488. The molecule has 1 atom stereocenters. The molecular formula is C14H19ClN2O2. The Morgan fingerprint density at radius 2 is 2.26 bits per heavy atom. The summed E-state index contributed by atoms with van der Waals surface area (Å²) in [5.74, 6) is 0.173. The largest absolute Gasteiger partial charge is 0.390 e. The first-order chi connectivity index (χ1) is 8.91. The van der Waals surface area contributed by atoms with Crippen LogP contribution in [-0.2, 0) is 6.42 Å². The molecular weight excluding hydrogens is 264 g/mol. The van der Waals surface area contributed by atoms with E-state index in [1.165, 1.54) is 0 Å². The van der Waals surface area contributed by atoms with Crippen molar-refractivity contribution in [2.75, 3.05) is 17.7 Å². The minimum absolute atomic E-state index is 0.0291. The zero-order valence-corrected chi connectivity index (χ0v) is 11.9. The van der Waals surface area contributed by atoms with Crippen LogP contribution in [0.25, 0.3) is 0 Å². The highest BCUT2D eigenvalue weighted by atomic mass is 35.5. The van der Waals surface area contributed by atoms with Gasteiger partial charge in [-0.15, -0.1) is 11.6 Å². The first-order valence-corrected chi connectivity index (χ1v) is 6.88. The number of rotatable bonds is 4. The van der Waals surface area contributed by atoms with Crippen LogP contribution in [0.1, 0.15) is 29.8 Å². The van der Waals surface area contributed by atoms with Crippen molar-refractivity contribution in [3.05, 3.63) is 29.3 Å². The molecule has 4 nitrogen and oxygen atoms in total. The number of halogens is 1. The number of alkyl halides is 1. The highest BCUT2D eigenvalue weighted by Gasteiger charge is 2.29. The fraction of sp³-hybridized carbons (Fsp3) is 0.500. The lowest BCUT2D eigenvalue weighted by atomic mass is 9.87. The number of fused-ring (bicyclic) bond motifs is 1. The van der Waals surface area contributed by atoms with Gasteiger partial charge >= 0.3 is 0 Å². The molecule has 0 bridgehead atoms. The van der Waals surface area contributed by atoms with Gasteiger partial charge in [0.2, 0.25) is 0 Å². The number of hydrogen-bond donors (Lipinski definition) is 3. The zero-order valence-electron chi connectivity index (χ0n) is 11.2. The fourth-order valence-corrected chi connectivity index (χ4v) is 2.37. The minimum Gasteiger partial charge on any atom is -0.390 e. The van der Waals surface area contributed by atoms with Gasteiger partial charge in [0.25, 0.3) is 5.91 Å². The number of hydrogen-bond acceptors (Lipinski definition) is 3. The van der Waals surface area contributed by atoms with Crippen LogP contribution in [0.5, 0.6) is 0 Å². The van der Waals surface area contributed by atoms with E-state index < -0.39 is 6.10 Å². The summed E-state index contributed by atoms with van der Waals surface area (Å²) in [6.07, 6.45) is 0.221. The normalized spacial score (nSPS) is 18.4. The highest BCUT2D eigenvalue weighted by Crippen LogP contribution is 2.25. The maximum absolute atomic E-state index is 11.9. The van der Waals surface area contributed by atoms with Gasteiger partial charge in [-0.2, -0.15) is 0 Å². The summed E-state index contributed by atoms with van der Waals surface area (Å²) in [6, 6.07) is 5.63. The highest BCUT2D eigenvalue weighted by molar-refractivity contribution is 6.18. The summed E-state index contributed by atoms with van der Waals surface area (Å²) in [5.41, 5.74) is 2.42. The van der Waals surface area contributed by atoms with Gasteiger partial charge in [0.15, 0.2) is 0 Å². The van der Waals surface area contributed by atoms with Crippen LogP contribution in [0.3, 0.4) is 0 Å². The molecule has 19 heavy (non-hydrogen) atoms. The van der Waals surface area contributed by atoms with E-state index in [1.807, 2.05) is 32.0 Å². The molecule has 1 heterocycles. The second kappa shape index (κ2) is 5.39. The molecule has 1 aromatic carbocycles. The Hall–Kier alpha value is -1.26. The van der Waals surface area contributed by atoms with Gasteiger partial charge in [-0.05, 0) is 44.0 Å². The number of amides is 1. The zero-order chi connectivity index (χ0) is 14.0. The number of benzene rings is 1. The molecule has 5 heteroatoms. The van der Waals surface area contributed by atoms with Crippen molar-refractivity contribution in [1.82, 2.24) is 5.32 Å². The standard InChI is InChI=1S/C14H19ClN2O2/c1-14(2)6-9-5-10(16-8-11(18)7-15)3-4-12(9)13(19)17-14/h3-5,11,16,18H,6-8H2,1-2H3,(H,17,19). The quantitative estimate of drug-likeness (QED) is 0.738. The van der Waals surface area contributed by atoms with E-state index in [-0.39, 0.29) is 17.3 Å². The van der Waals surface area contributed by atoms with Crippen molar-refractivity contribution >= 4 is 23.2 Å². The predicted octanol–water partition coefficient (Wildman–Crippen LogP) is 1.76. The summed E-state index contributed by atoms with van der Waals surface area (Å²) in [5, 5.41) is 15.5. The number of carbonyl (C=O) groups excluding carboxylic acids is 1. The molecule has 0 aromatic heterocycles. The van der Waals surface area contributed by atoms with E-state index in [4.69, 9.17) is 11.6 Å². The molecule has 0 radical (unpaired) electrons. The number of aliphatic hydroxyl groups is 1. The molecule has 1 aliphatic rings. The van der Waals surface area contributed by atoms with Crippen LogP contribution in [0.4, 0.5) is 5.69 Å². The monoisotopic (exact) mass is 282 g/mol. The number of anilines is 1. The molecule has 1 unspecified atom stereocenters. The van der Waals surface area contributed by atoms with Crippen molar-refractivity contribution in [3.63, 3.8) is 0 Å². The smallest absolute Gasteiger partial charge is 0.251 e. The first-order valence-electron chi connectivity index (χ1n) is 6.34. The third-order valence-corrected chi connectivity index (χ3v) is 3.51. The van der Waals surface area contributed by atoms with Crippen LogP contribution in [0, 0.1) is 0 Å². The van der Waals surface area contributed by atoms with Crippen molar-refractivity contribution in [2.24, 2.45) is 0 Å². The van der Waals surface area contributed by atoms with Gasteiger partial charge < -0.3 is 15.7 Å². The second-order valence-electron chi connectivity index (χ2n) is 5.58. The van der Waals surface area contributed by atoms with Crippen molar-refractivity contribution in [2.45, 2.75) is 31.9 Å². The number of aliphatic hydroxyl groups excluding tert-OH is 1. The lowest BCUT2D eigenvalue weighted by Crippen LogP contribution is -2.49. The van der Waals surface area contributed by atoms with Crippen molar-refractivity contribution in [3.8, 4) is 0 Å². The molecule has 1 aromatic rings. The molecule has 1 amide bonds. The fourth-order valence-electron chi connectivity index (χ4n) is 2.26. The molecule has 104 valence electrons. The number of nitrogens with one attached hydrogen (secondary N) is 2. The van der Waals surface area contributed by atoms with Crippen LogP contribution in [-0.4, -0.2) is 35.1 Å². The predicted molar refractivity (Wildman–Crippen MR) is 76.9 cm³/mol. The Morgan fingerprint density at radius 1 is 1.53 bits per heavy atom. The summed E-state index contributed by atoms with van der Waals surface area (Å²) in [7, 11) is 0. The van der Waals surface area contributed by atoms with Crippen LogP contribution in [0.2, 0.25) is 0 Å². The molecule has 1 aliphatic heterocycles. The SMILES string of the molecule is CC1(C)Cc2cc(NCC(O)CCl)ccc2C(=O)N1. The molecule has 0 fully saturated rings. The first kappa shape index (κ1) is 14.2. The average Bonchev–Trinajstić information content (AvgIpc) is 2.33. The van der Waals surface area contributed by atoms with Gasteiger partial charge in [0.05, 0.1) is 12.0 Å². The summed E-state index contributed by atoms with van der Waals surface area (Å²) in [4.78, 5) is 11.9. The molecule has 2 rings (SSSR count). The Kier molecular flexibility index (Phi) is 4.02. The Morgan fingerprint density at radius 3 is 2.95 bits per heavy atom. The average molecular weight is 283 g/mol. The Labute approximate surface area is 118 Å². The van der Waals surface area contributed by atoms with E-state index in [1.54, 1.807) is 0 Å². The van der Waals surface area contributed by atoms with E-state index in [0.717, 1.165) is 23.2 Å². The molecule has 0 saturated heterocycles. The molecule has 0 aliphatic carbocycles. The lowest BCUT2D eigenvalue weighted by molar-refractivity contribution is 0.0897. The molecule has 0 saturated carbocycles. The van der Waals surface area contributed by atoms with Crippen LogP contribution >= 0.6 is 11.6 Å². The van der Waals surface area contributed by atoms with Gasteiger partial charge in [0.1, 0.15) is 0 Å². The van der Waals surface area contributed by atoms with Gasteiger partial charge in [-0.3, -0.25) is 4.79 Å². The summed E-state index contributed by atoms with van der Waals surface area (Å²) in [6.45, 7) is 4.41. The Balaban J connectivity index is 2.16. The summed E-state index contributed by atoms with van der Waals surface area (Å²) < 4.78 is 0. The second-order valence-corrected chi connectivity index (χ2v) is 5.88. The van der Waals surface area contributed by atoms with E-state index in [2.05, 4.69) is 10.6 Å². The lowest BCUT2D eigenvalue weighted by Gasteiger charge is -2.32. The van der Waals surface area contributed by atoms with Crippen molar-refractivity contribution < 1.29 is 9.90 Å².